The molecule has 1 N–H and O–H groups in total. The van der Waals surface area contributed by atoms with Crippen LogP contribution in [0.2, 0.25) is 0 Å². The second-order valence-corrected chi connectivity index (χ2v) is 7.29. The molecule has 4 nitrogen and oxygen atoms in total. The van der Waals surface area contributed by atoms with Crippen molar-refractivity contribution in [2.24, 2.45) is 10.9 Å². The molecule has 2 unspecified atom stereocenters. The normalized spacial score (nSPS) is 19.5. The minimum atomic E-state index is -0.509. The van der Waals surface area contributed by atoms with Crippen molar-refractivity contribution in [3.8, 4) is 0 Å². The van der Waals surface area contributed by atoms with Crippen molar-refractivity contribution in [3.05, 3.63) is 65.7 Å². The van der Waals surface area contributed by atoms with Crippen LogP contribution < -0.4 is 5.32 Å². The molecular formula is C20H20N2O2S2. The highest BCUT2D eigenvalue weighted by atomic mass is 32.2. The van der Waals surface area contributed by atoms with Gasteiger partial charge in [0.05, 0.1) is 6.04 Å². The van der Waals surface area contributed by atoms with Crippen molar-refractivity contribution < 1.29 is 9.53 Å². The van der Waals surface area contributed by atoms with Crippen LogP contribution in [0.1, 0.15) is 24.1 Å². The molecule has 0 radical (unpaired) electrons. The first kappa shape index (κ1) is 18.6. The van der Waals surface area contributed by atoms with E-state index in [9.17, 15) is 4.79 Å². The Hall–Kier alpha value is -2.18. The molecule has 2 aromatic rings. The van der Waals surface area contributed by atoms with E-state index in [4.69, 9.17) is 17.0 Å². The van der Waals surface area contributed by atoms with Crippen molar-refractivity contribution in [1.82, 2.24) is 5.32 Å². The maximum absolute atomic E-state index is 12.8. The molecule has 0 fully saturated rings. The number of thioether (sulfide) groups is 1. The summed E-state index contributed by atoms with van der Waals surface area (Å²) in [6.45, 7) is 2.07. The number of rotatable bonds is 5. The van der Waals surface area contributed by atoms with E-state index in [-0.39, 0.29) is 18.6 Å². The Bertz CT molecular complexity index is 819. The summed E-state index contributed by atoms with van der Waals surface area (Å²) in [5, 5.41) is 3.56. The first-order valence-electron chi connectivity index (χ1n) is 8.28. The van der Waals surface area contributed by atoms with Gasteiger partial charge in [0.15, 0.2) is 5.11 Å². The molecule has 1 heterocycles. The number of esters is 1. The van der Waals surface area contributed by atoms with Crippen molar-refractivity contribution in [2.45, 2.75) is 24.5 Å². The smallest absolute Gasteiger partial charge is 0.317 e. The number of hydrogen-bond acceptors (Lipinski definition) is 4. The minimum absolute atomic E-state index is 0.242. The topological polar surface area (TPSA) is 50.7 Å². The number of hydrogen-bond donors (Lipinski definition) is 1. The molecule has 2 aromatic carbocycles. The summed E-state index contributed by atoms with van der Waals surface area (Å²) in [6.07, 6.45) is 2.03. The van der Waals surface area contributed by atoms with Crippen LogP contribution in [0.3, 0.4) is 0 Å². The molecule has 2 atom stereocenters. The van der Waals surface area contributed by atoms with Crippen LogP contribution in [0, 0.1) is 5.92 Å². The van der Waals surface area contributed by atoms with E-state index < -0.39 is 5.92 Å². The van der Waals surface area contributed by atoms with Crippen LogP contribution in [0.15, 0.2) is 64.5 Å². The lowest BCUT2D eigenvalue weighted by molar-refractivity contribution is -0.148. The van der Waals surface area contributed by atoms with E-state index in [1.54, 1.807) is 11.8 Å². The Morgan fingerprint density at radius 3 is 2.54 bits per heavy atom. The third-order valence-electron chi connectivity index (χ3n) is 4.29. The molecule has 0 amide bonds. The van der Waals surface area contributed by atoms with E-state index in [1.165, 1.54) is 4.90 Å². The van der Waals surface area contributed by atoms with Gasteiger partial charge in [-0.2, -0.15) is 0 Å². The summed E-state index contributed by atoms with van der Waals surface area (Å²) in [5.74, 6) is -0.811. The zero-order valence-corrected chi connectivity index (χ0v) is 16.3. The first-order chi connectivity index (χ1) is 12.6. The van der Waals surface area contributed by atoms with Crippen LogP contribution in [-0.2, 0) is 16.1 Å². The quantitative estimate of drug-likeness (QED) is 0.477. The second kappa shape index (κ2) is 8.47. The zero-order chi connectivity index (χ0) is 18.5. The summed E-state index contributed by atoms with van der Waals surface area (Å²) < 4.78 is 5.56. The average Bonchev–Trinajstić information content (AvgIpc) is 2.66. The number of carbonyl (C=O) groups excluding carboxylic acids is 1. The highest BCUT2D eigenvalue weighted by molar-refractivity contribution is 7.98. The number of thiocarbonyl (C=S) groups is 1. The van der Waals surface area contributed by atoms with E-state index in [2.05, 4.69) is 10.3 Å². The van der Waals surface area contributed by atoms with Gasteiger partial charge in [0.1, 0.15) is 12.5 Å². The van der Waals surface area contributed by atoms with Gasteiger partial charge < -0.3 is 10.1 Å². The van der Waals surface area contributed by atoms with Gasteiger partial charge in [0.25, 0.3) is 0 Å². The van der Waals surface area contributed by atoms with Crippen LogP contribution in [0.4, 0.5) is 0 Å². The molecule has 26 heavy (non-hydrogen) atoms. The third kappa shape index (κ3) is 4.31. The number of ether oxygens (including phenoxy) is 1. The number of benzene rings is 2. The molecule has 0 aliphatic carbocycles. The maximum Gasteiger partial charge on any atom is 0.317 e. The fourth-order valence-corrected chi connectivity index (χ4v) is 3.61. The number of nitrogens with zero attached hydrogens (tertiary/aromatic N) is 1. The Morgan fingerprint density at radius 2 is 1.88 bits per heavy atom. The second-order valence-electron chi connectivity index (χ2n) is 6.02. The van der Waals surface area contributed by atoms with Gasteiger partial charge in [-0.1, -0.05) is 42.5 Å². The fraction of sp³-hybridized carbons (Fsp3) is 0.250. The Labute approximate surface area is 163 Å². The van der Waals surface area contributed by atoms with E-state index in [0.29, 0.717) is 10.8 Å². The molecule has 1 aliphatic rings. The minimum Gasteiger partial charge on any atom is -0.460 e. The lowest BCUT2D eigenvalue weighted by atomic mass is 9.88. The van der Waals surface area contributed by atoms with Gasteiger partial charge in [-0.15, -0.1) is 11.8 Å². The van der Waals surface area contributed by atoms with E-state index in [1.807, 2.05) is 67.8 Å². The maximum atomic E-state index is 12.8. The van der Waals surface area contributed by atoms with E-state index >= 15 is 0 Å². The predicted molar refractivity (Wildman–Crippen MR) is 110 cm³/mol. The van der Waals surface area contributed by atoms with Gasteiger partial charge in [-0.25, -0.2) is 4.99 Å². The summed E-state index contributed by atoms with van der Waals surface area (Å²) >= 11 is 6.91. The van der Waals surface area contributed by atoms with Gasteiger partial charge in [0, 0.05) is 10.6 Å². The van der Waals surface area contributed by atoms with Crippen molar-refractivity contribution in [1.29, 1.82) is 0 Å². The molecule has 3 rings (SSSR count). The molecular weight excluding hydrogens is 364 g/mol. The Kier molecular flexibility index (Phi) is 6.06. The molecule has 1 aliphatic heterocycles. The van der Waals surface area contributed by atoms with Gasteiger partial charge in [-0.3, -0.25) is 4.79 Å². The molecule has 0 spiro atoms. The number of nitrogens with one attached hydrogen (secondary N) is 1. The molecule has 134 valence electrons. The Balaban J connectivity index is 1.81. The van der Waals surface area contributed by atoms with E-state index in [0.717, 1.165) is 11.1 Å². The van der Waals surface area contributed by atoms with Gasteiger partial charge >= 0.3 is 5.97 Å². The number of carbonyl (C=O) groups is 1. The average molecular weight is 385 g/mol. The van der Waals surface area contributed by atoms with Crippen LogP contribution in [-0.4, -0.2) is 23.0 Å². The van der Waals surface area contributed by atoms with Crippen molar-refractivity contribution in [2.75, 3.05) is 6.26 Å². The lowest BCUT2D eigenvalue weighted by Crippen LogP contribution is -2.44. The summed E-state index contributed by atoms with van der Waals surface area (Å²) in [7, 11) is 0. The van der Waals surface area contributed by atoms with Crippen LogP contribution in [0.25, 0.3) is 0 Å². The van der Waals surface area contributed by atoms with Crippen molar-refractivity contribution in [3.63, 3.8) is 0 Å². The van der Waals surface area contributed by atoms with Crippen molar-refractivity contribution >= 4 is 40.8 Å². The van der Waals surface area contributed by atoms with Gasteiger partial charge in [-0.05, 0) is 48.7 Å². The standard InChI is InChI=1S/C20H20N2O2S2/c1-13-17(19(23)24-12-14-6-4-3-5-7-14)18(22-20(25)21-13)15-8-10-16(26-2)11-9-15/h3-11,17-18H,12H2,1-2H3,(H,22,25). The molecule has 0 saturated carbocycles. The van der Waals surface area contributed by atoms with Crippen LogP contribution in [0.5, 0.6) is 0 Å². The Morgan fingerprint density at radius 1 is 1.19 bits per heavy atom. The predicted octanol–water partition coefficient (Wildman–Crippen LogP) is 4.16. The molecule has 0 aromatic heterocycles. The van der Waals surface area contributed by atoms with Gasteiger partial charge in [0.2, 0.25) is 0 Å². The molecule has 0 saturated heterocycles. The first-order valence-corrected chi connectivity index (χ1v) is 9.92. The third-order valence-corrected chi connectivity index (χ3v) is 5.25. The highest BCUT2D eigenvalue weighted by Crippen LogP contribution is 2.29. The summed E-state index contributed by atoms with van der Waals surface area (Å²) in [4.78, 5) is 18.3. The highest BCUT2D eigenvalue weighted by Gasteiger charge is 2.37. The lowest BCUT2D eigenvalue weighted by Gasteiger charge is -2.31. The monoisotopic (exact) mass is 384 g/mol. The zero-order valence-electron chi connectivity index (χ0n) is 14.6. The molecule has 0 bridgehead atoms. The summed E-state index contributed by atoms with van der Waals surface area (Å²) in [6, 6.07) is 17.5. The SMILES string of the molecule is CSc1ccc(C2NC(=S)N=C(C)C2C(=O)OCc2ccccc2)cc1. The molecule has 6 heteroatoms. The number of aliphatic imine (C=N–C) groups is 1. The largest absolute Gasteiger partial charge is 0.460 e. The summed E-state index contributed by atoms with van der Waals surface area (Å²) in [5.41, 5.74) is 2.61. The fourth-order valence-electron chi connectivity index (χ4n) is 2.93. The van der Waals surface area contributed by atoms with Crippen LogP contribution >= 0.6 is 24.0 Å².